The van der Waals surface area contributed by atoms with Gasteiger partial charge in [0.1, 0.15) is 0 Å². The van der Waals surface area contributed by atoms with Crippen LogP contribution in [-0.4, -0.2) is 44.7 Å². The number of amides is 1. The van der Waals surface area contributed by atoms with Crippen LogP contribution in [-0.2, 0) is 14.3 Å². The second-order valence-electron chi connectivity index (χ2n) is 7.68. The molecule has 2 rings (SSSR count). The number of esters is 1. The predicted molar refractivity (Wildman–Crippen MR) is 115 cm³/mol. The van der Waals surface area contributed by atoms with Crippen LogP contribution in [0.15, 0.2) is 36.4 Å². The van der Waals surface area contributed by atoms with Crippen LogP contribution in [0.5, 0.6) is 0 Å². The Kier molecular flexibility index (Phi) is 7.37. The number of hydrogen-bond donors (Lipinski definition) is 0. The number of ether oxygens (including phenoxy) is 1. The van der Waals surface area contributed by atoms with Crippen molar-refractivity contribution in [3.05, 3.63) is 53.4 Å². The summed E-state index contributed by atoms with van der Waals surface area (Å²) >= 11 is 0. The summed E-state index contributed by atoms with van der Waals surface area (Å²) in [5.41, 5.74) is 3.55. The molecule has 1 aromatic carbocycles. The van der Waals surface area contributed by atoms with Crippen LogP contribution < -0.4 is 0 Å². The number of benzene rings is 1. The average molecular weight is 398 g/mol. The Morgan fingerprint density at radius 3 is 2.17 bits per heavy atom. The maximum Gasteiger partial charge on any atom is 0.331 e. The van der Waals surface area contributed by atoms with Gasteiger partial charge in [0.2, 0.25) is 0 Å². The summed E-state index contributed by atoms with van der Waals surface area (Å²) in [5, 5.41) is 4.56. The molecule has 0 radical (unpaired) electrons. The SMILES string of the molecule is Cc1nn(-c2ccccc2)c(C)c1/C=C/C(=O)OC(C)C(=O)N(C(C)C)C(C)C. The number of aryl methyl sites for hydroxylation is 1. The second kappa shape index (κ2) is 9.54. The van der Waals surface area contributed by atoms with Crippen LogP contribution in [0.1, 0.15) is 51.6 Å². The van der Waals surface area contributed by atoms with E-state index in [9.17, 15) is 9.59 Å². The van der Waals surface area contributed by atoms with E-state index < -0.39 is 12.1 Å². The monoisotopic (exact) mass is 397 g/mol. The Morgan fingerprint density at radius 2 is 1.62 bits per heavy atom. The molecule has 1 atom stereocenters. The number of carbonyl (C=O) groups is 2. The van der Waals surface area contributed by atoms with Crippen molar-refractivity contribution in [3.8, 4) is 5.69 Å². The molecule has 0 bridgehead atoms. The third-order valence-electron chi connectivity index (χ3n) is 4.74. The average Bonchev–Trinajstić information content (AvgIpc) is 2.94. The summed E-state index contributed by atoms with van der Waals surface area (Å²) in [5.74, 6) is -0.745. The fraction of sp³-hybridized carbons (Fsp3) is 0.435. The molecule has 1 amide bonds. The maximum absolute atomic E-state index is 12.6. The van der Waals surface area contributed by atoms with Gasteiger partial charge in [0.05, 0.1) is 11.4 Å². The molecule has 1 aromatic heterocycles. The van der Waals surface area contributed by atoms with Gasteiger partial charge in [-0.2, -0.15) is 5.10 Å². The Labute approximate surface area is 173 Å². The van der Waals surface area contributed by atoms with Gasteiger partial charge >= 0.3 is 5.97 Å². The van der Waals surface area contributed by atoms with Crippen LogP contribution in [0, 0.1) is 13.8 Å². The lowest BCUT2D eigenvalue weighted by Crippen LogP contribution is -2.47. The molecule has 29 heavy (non-hydrogen) atoms. The molecule has 1 heterocycles. The van der Waals surface area contributed by atoms with Crippen molar-refractivity contribution >= 4 is 18.0 Å². The summed E-state index contributed by atoms with van der Waals surface area (Å²) in [6.45, 7) is 13.2. The first kappa shape index (κ1) is 22.4. The first-order valence-electron chi connectivity index (χ1n) is 9.96. The van der Waals surface area contributed by atoms with Crippen LogP contribution in [0.25, 0.3) is 11.8 Å². The molecule has 0 aliphatic rings. The Bertz CT molecular complexity index is 874. The molecule has 156 valence electrons. The summed E-state index contributed by atoms with van der Waals surface area (Å²) in [4.78, 5) is 26.6. The van der Waals surface area contributed by atoms with Gasteiger partial charge in [0.15, 0.2) is 6.10 Å². The number of para-hydroxylation sites is 1. The fourth-order valence-electron chi connectivity index (χ4n) is 3.45. The number of carbonyl (C=O) groups excluding carboxylic acids is 2. The Hall–Kier alpha value is -2.89. The second-order valence-corrected chi connectivity index (χ2v) is 7.68. The van der Waals surface area contributed by atoms with E-state index in [1.54, 1.807) is 17.9 Å². The van der Waals surface area contributed by atoms with Crippen LogP contribution in [0.2, 0.25) is 0 Å². The highest BCUT2D eigenvalue weighted by atomic mass is 16.5. The van der Waals surface area contributed by atoms with Gasteiger partial charge in [-0.3, -0.25) is 4.79 Å². The third kappa shape index (κ3) is 5.34. The van der Waals surface area contributed by atoms with E-state index in [0.717, 1.165) is 22.6 Å². The van der Waals surface area contributed by atoms with Crippen LogP contribution in [0.4, 0.5) is 0 Å². The molecule has 2 aromatic rings. The predicted octanol–water partition coefficient (Wildman–Crippen LogP) is 4.08. The molecule has 0 aliphatic heterocycles. The molecule has 0 N–H and O–H groups in total. The smallest absolute Gasteiger partial charge is 0.331 e. The number of aromatic nitrogens is 2. The van der Waals surface area contributed by atoms with Crippen molar-refractivity contribution in [1.82, 2.24) is 14.7 Å². The van der Waals surface area contributed by atoms with E-state index in [1.807, 2.05) is 76.6 Å². The normalized spacial score (nSPS) is 12.6. The van der Waals surface area contributed by atoms with Gasteiger partial charge in [-0.05, 0) is 66.7 Å². The van der Waals surface area contributed by atoms with E-state index in [4.69, 9.17) is 4.74 Å². The molecule has 0 fully saturated rings. The Morgan fingerprint density at radius 1 is 1.03 bits per heavy atom. The summed E-state index contributed by atoms with van der Waals surface area (Å²) in [7, 11) is 0. The van der Waals surface area contributed by atoms with Crippen molar-refractivity contribution in [2.75, 3.05) is 0 Å². The van der Waals surface area contributed by atoms with Gasteiger partial charge in [-0.25, -0.2) is 9.48 Å². The van der Waals surface area contributed by atoms with Crippen molar-refractivity contribution < 1.29 is 14.3 Å². The lowest BCUT2D eigenvalue weighted by Gasteiger charge is -2.32. The zero-order valence-corrected chi connectivity index (χ0v) is 18.3. The van der Waals surface area contributed by atoms with Gasteiger partial charge < -0.3 is 9.64 Å². The third-order valence-corrected chi connectivity index (χ3v) is 4.74. The molecule has 6 heteroatoms. The van der Waals surface area contributed by atoms with E-state index in [0.29, 0.717) is 0 Å². The quantitative estimate of drug-likeness (QED) is 0.522. The molecule has 0 saturated carbocycles. The number of rotatable bonds is 7. The highest BCUT2D eigenvalue weighted by Gasteiger charge is 2.27. The lowest BCUT2D eigenvalue weighted by atomic mass is 10.2. The minimum Gasteiger partial charge on any atom is -0.449 e. The summed E-state index contributed by atoms with van der Waals surface area (Å²) in [6, 6.07) is 9.88. The topological polar surface area (TPSA) is 64.4 Å². The van der Waals surface area contributed by atoms with Gasteiger partial charge in [0, 0.05) is 29.4 Å². The Balaban J connectivity index is 2.11. The number of nitrogens with zero attached hydrogens (tertiary/aromatic N) is 3. The summed E-state index contributed by atoms with van der Waals surface area (Å²) < 4.78 is 7.19. The summed E-state index contributed by atoms with van der Waals surface area (Å²) in [6.07, 6.45) is 2.20. The van der Waals surface area contributed by atoms with Gasteiger partial charge in [0.25, 0.3) is 5.91 Å². The van der Waals surface area contributed by atoms with Crippen LogP contribution >= 0.6 is 0 Å². The highest BCUT2D eigenvalue weighted by molar-refractivity contribution is 5.90. The molecular formula is C23H31N3O3. The highest BCUT2D eigenvalue weighted by Crippen LogP contribution is 2.19. The van der Waals surface area contributed by atoms with E-state index in [2.05, 4.69) is 5.10 Å². The zero-order chi connectivity index (χ0) is 21.7. The van der Waals surface area contributed by atoms with E-state index >= 15 is 0 Å². The lowest BCUT2D eigenvalue weighted by molar-refractivity contribution is -0.157. The minimum absolute atomic E-state index is 0.0355. The number of hydrogen-bond acceptors (Lipinski definition) is 4. The van der Waals surface area contributed by atoms with Crippen molar-refractivity contribution in [3.63, 3.8) is 0 Å². The molecule has 0 saturated heterocycles. The standard InChI is InChI=1S/C23H31N3O3/c1-15(2)25(16(3)4)23(28)19(7)29-22(27)14-13-21-17(5)24-26(18(21)6)20-11-9-8-10-12-20/h8-16,19H,1-7H3/b14-13+. The van der Waals surface area contributed by atoms with Gasteiger partial charge in [-0.15, -0.1) is 0 Å². The van der Waals surface area contributed by atoms with E-state index in [-0.39, 0.29) is 18.0 Å². The van der Waals surface area contributed by atoms with Gasteiger partial charge in [-0.1, -0.05) is 18.2 Å². The molecule has 0 spiro atoms. The molecule has 1 unspecified atom stereocenters. The fourth-order valence-corrected chi connectivity index (χ4v) is 3.45. The first-order chi connectivity index (χ1) is 13.6. The first-order valence-corrected chi connectivity index (χ1v) is 9.96. The maximum atomic E-state index is 12.6. The minimum atomic E-state index is -0.841. The molecule has 0 aliphatic carbocycles. The molecule has 6 nitrogen and oxygen atoms in total. The van der Waals surface area contributed by atoms with E-state index in [1.165, 1.54) is 6.08 Å². The zero-order valence-electron chi connectivity index (χ0n) is 18.3. The van der Waals surface area contributed by atoms with Crippen molar-refractivity contribution in [1.29, 1.82) is 0 Å². The molecular weight excluding hydrogens is 366 g/mol. The van der Waals surface area contributed by atoms with Crippen molar-refractivity contribution in [2.24, 2.45) is 0 Å². The van der Waals surface area contributed by atoms with Crippen molar-refractivity contribution in [2.45, 2.75) is 66.7 Å². The largest absolute Gasteiger partial charge is 0.449 e. The van der Waals surface area contributed by atoms with Crippen LogP contribution in [0.3, 0.4) is 0 Å².